The van der Waals surface area contributed by atoms with Crippen molar-refractivity contribution >= 4 is 11.0 Å². The highest BCUT2D eigenvalue weighted by atomic mass is 16.1. The first-order chi connectivity index (χ1) is 11.8. The first-order valence-electron chi connectivity index (χ1n) is 8.45. The van der Waals surface area contributed by atoms with Crippen LogP contribution in [0.1, 0.15) is 18.5 Å². The number of hydrogen-bond donors (Lipinski definition) is 1. The fraction of sp³-hybridized carbons (Fsp3) is 0.389. The molecule has 124 valence electrons. The molecule has 1 aliphatic heterocycles. The third-order valence-corrected chi connectivity index (χ3v) is 4.71. The summed E-state index contributed by atoms with van der Waals surface area (Å²) in [6.07, 6.45) is 4.38. The second kappa shape index (κ2) is 6.57. The highest BCUT2D eigenvalue weighted by Crippen LogP contribution is 2.21. The Morgan fingerprint density at radius 1 is 1.21 bits per heavy atom. The highest BCUT2D eigenvalue weighted by molar-refractivity contribution is 5.74. The molecule has 0 amide bonds. The molecular weight excluding hydrogens is 302 g/mol. The quantitative estimate of drug-likeness (QED) is 0.798. The summed E-state index contributed by atoms with van der Waals surface area (Å²) in [4.78, 5) is 18.0. The molecule has 1 N–H and O–H groups in total. The van der Waals surface area contributed by atoms with Crippen molar-refractivity contribution in [3.8, 4) is 0 Å². The van der Waals surface area contributed by atoms with Crippen LogP contribution in [0.4, 0.5) is 0 Å². The van der Waals surface area contributed by atoms with E-state index in [1.807, 2.05) is 18.5 Å². The molecule has 1 aliphatic rings. The van der Waals surface area contributed by atoms with E-state index in [1.165, 1.54) is 18.4 Å². The van der Waals surface area contributed by atoms with Crippen LogP contribution in [0.5, 0.6) is 0 Å². The van der Waals surface area contributed by atoms with E-state index >= 15 is 0 Å². The maximum absolute atomic E-state index is 11.1. The molecule has 1 aromatic carbocycles. The summed E-state index contributed by atoms with van der Waals surface area (Å²) in [6, 6.07) is 11.6. The number of fused-ring (bicyclic) bond motifs is 1. The number of nitrogens with zero attached hydrogens (tertiary/aromatic N) is 4. The normalized spacial score (nSPS) is 18.9. The second-order valence-electron chi connectivity index (χ2n) is 6.54. The van der Waals surface area contributed by atoms with Crippen molar-refractivity contribution in [1.82, 2.24) is 24.6 Å². The van der Waals surface area contributed by atoms with Crippen molar-refractivity contribution in [2.75, 3.05) is 13.1 Å². The molecule has 1 unspecified atom stereocenters. The van der Waals surface area contributed by atoms with E-state index in [9.17, 15) is 4.79 Å². The van der Waals surface area contributed by atoms with Crippen molar-refractivity contribution in [2.24, 2.45) is 5.92 Å². The van der Waals surface area contributed by atoms with Gasteiger partial charge in [0.15, 0.2) is 0 Å². The van der Waals surface area contributed by atoms with E-state index < -0.39 is 0 Å². The average molecular weight is 323 g/mol. The fourth-order valence-corrected chi connectivity index (χ4v) is 3.57. The number of rotatable bonds is 4. The van der Waals surface area contributed by atoms with Gasteiger partial charge >= 0.3 is 0 Å². The van der Waals surface area contributed by atoms with Gasteiger partial charge in [0.2, 0.25) is 0 Å². The second-order valence-corrected chi connectivity index (χ2v) is 6.54. The molecule has 2 aromatic heterocycles. The third-order valence-electron chi connectivity index (χ3n) is 4.71. The topological polar surface area (TPSA) is 66.8 Å². The SMILES string of the molecule is O=c1ccc(CN2CCCC(Cn3cnc4ccccc43)C2)n[nH]1. The number of H-pyrrole nitrogens is 1. The maximum atomic E-state index is 11.1. The highest BCUT2D eigenvalue weighted by Gasteiger charge is 2.21. The van der Waals surface area contributed by atoms with Crippen LogP contribution in [0.25, 0.3) is 11.0 Å². The lowest BCUT2D eigenvalue weighted by Crippen LogP contribution is -2.36. The summed E-state index contributed by atoms with van der Waals surface area (Å²) in [5.41, 5.74) is 3.03. The maximum Gasteiger partial charge on any atom is 0.264 e. The lowest BCUT2D eigenvalue weighted by molar-refractivity contribution is 0.155. The number of aromatic nitrogens is 4. The predicted octanol–water partition coefficient (Wildman–Crippen LogP) is 2.03. The zero-order valence-electron chi connectivity index (χ0n) is 13.6. The van der Waals surface area contributed by atoms with Gasteiger partial charge in [-0.2, -0.15) is 5.10 Å². The van der Waals surface area contributed by atoms with Crippen LogP contribution >= 0.6 is 0 Å². The van der Waals surface area contributed by atoms with E-state index in [2.05, 4.69) is 42.8 Å². The number of imidazole rings is 1. The number of aromatic amines is 1. The molecule has 1 atom stereocenters. The van der Waals surface area contributed by atoms with Gasteiger partial charge in [-0.15, -0.1) is 0 Å². The van der Waals surface area contributed by atoms with E-state index in [4.69, 9.17) is 0 Å². The lowest BCUT2D eigenvalue weighted by atomic mass is 9.97. The number of hydrogen-bond acceptors (Lipinski definition) is 4. The number of para-hydroxylation sites is 2. The van der Waals surface area contributed by atoms with Crippen LogP contribution in [-0.2, 0) is 13.1 Å². The fourth-order valence-electron chi connectivity index (χ4n) is 3.57. The van der Waals surface area contributed by atoms with Gasteiger partial charge in [-0.3, -0.25) is 9.69 Å². The van der Waals surface area contributed by atoms with Crippen LogP contribution in [0, 0.1) is 5.92 Å². The molecule has 6 heteroatoms. The summed E-state index contributed by atoms with van der Waals surface area (Å²) < 4.78 is 2.27. The Morgan fingerprint density at radius 3 is 3.00 bits per heavy atom. The Balaban J connectivity index is 1.43. The first kappa shape index (κ1) is 15.1. The Kier molecular flexibility index (Phi) is 4.13. The minimum absolute atomic E-state index is 0.151. The van der Waals surface area contributed by atoms with Crippen molar-refractivity contribution < 1.29 is 0 Å². The molecule has 0 bridgehead atoms. The van der Waals surface area contributed by atoms with Gasteiger partial charge in [0.25, 0.3) is 5.56 Å². The molecule has 0 aliphatic carbocycles. The van der Waals surface area contributed by atoms with Crippen LogP contribution in [-0.4, -0.2) is 37.7 Å². The Hall–Kier alpha value is -2.47. The molecule has 6 nitrogen and oxygen atoms in total. The van der Waals surface area contributed by atoms with E-state index in [-0.39, 0.29) is 5.56 Å². The summed E-state index contributed by atoms with van der Waals surface area (Å²) in [5.74, 6) is 0.610. The molecule has 1 fully saturated rings. The Labute approximate surface area is 140 Å². The average Bonchev–Trinajstić information content (AvgIpc) is 3.01. The van der Waals surface area contributed by atoms with Crippen molar-refractivity contribution in [3.05, 3.63) is 58.8 Å². The molecule has 24 heavy (non-hydrogen) atoms. The minimum Gasteiger partial charge on any atom is -0.330 e. The number of piperidine rings is 1. The van der Waals surface area contributed by atoms with E-state index in [0.717, 1.165) is 37.4 Å². The van der Waals surface area contributed by atoms with Crippen molar-refractivity contribution in [2.45, 2.75) is 25.9 Å². The summed E-state index contributed by atoms with van der Waals surface area (Å²) in [6.45, 7) is 3.92. The van der Waals surface area contributed by atoms with Crippen LogP contribution in [0.3, 0.4) is 0 Å². The minimum atomic E-state index is -0.151. The first-order valence-corrected chi connectivity index (χ1v) is 8.45. The zero-order chi connectivity index (χ0) is 16.4. The van der Waals surface area contributed by atoms with Crippen LogP contribution in [0.15, 0.2) is 47.5 Å². The Bertz CT molecular complexity index is 864. The van der Waals surface area contributed by atoms with Gasteiger partial charge < -0.3 is 4.57 Å². The zero-order valence-corrected chi connectivity index (χ0v) is 13.6. The standard InChI is InChI=1S/C18H21N5O/c24-18-8-7-15(20-21-18)12-22-9-3-4-14(10-22)11-23-13-19-16-5-1-2-6-17(16)23/h1-2,5-8,13-14H,3-4,9-12H2,(H,21,24). The molecule has 4 rings (SSSR count). The predicted molar refractivity (Wildman–Crippen MR) is 92.6 cm³/mol. The van der Waals surface area contributed by atoms with Crippen molar-refractivity contribution in [1.29, 1.82) is 0 Å². The van der Waals surface area contributed by atoms with Gasteiger partial charge in [-0.1, -0.05) is 12.1 Å². The third kappa shape index (κ3) is 3.23. The van der Waals surface area contributed by atoms with Gasteiger partial charge in [0, 0.05) is 25.7 Å². The Morgan fingerprint density at radius 2 is 2.12 bits per heavy atom. The lowest BCUT2D eigenvalue weighted by Gasteiger charge is -2.32. The van der Waals surface area contributed by atoms with E-state index in [0.29, 0.717) is 5.92 Å². The molecule has 0 spiro atoms. The molecule has 3 aromatic rings. The smallest absolute Gasteiger partial charge is 0.264 e. The van der Waals surface area contributed by atoms with Crippen LogP contribution in [0.2, 0.25) is 0 Å². The molecular formula is C18H21N5O. The number of likely N-dealkylation sites (tertiary alicyclic amines) is 1. The van der Waals surface area contributed by atoms with E-state index in [1.54, 1.807) is 6.07 Å². The molecule has 1 saturated heterocycles. The molecule has 3 heterocycles. The van der Waals surface area contributed by atoms with Gasteiger partial charge in [-0.25, -0.2) is 10.1 Å². The van der Waals surface area contributed by atoms with Gasteiger partial charge in [0.05, 0.1) is 23.1 Å². The monoisotopic (exact) mass is 323 g/mol. The number of benzene rings is 1. The largest absolute Gasteiger partial charge is 0.330 e. The molecule has 0 radical (unpaired) electrons. The number of nitrogens with one attached hydrogen (secondary N) is 1. The molecule has 0 saturated carbocycles. The van der Waals surface area contributed by atoms with Gasteiger partial charge in [-0.05, 0) is 43.5 Å². The summed E-state index contributed by atoms with van der Waals surface area (Å²) in [5, 5.41) is 6.63. The van der Waals surface area contributed by atoms with Crippen LogP contribution < -0.4 is 5.56 Å². The van der Waals surface area contributed by atoms with Gasteiger partial charge in [0.1, 0.15) is 0 Å². The van der Waals surface area contributed by atoms with Crippen molar-refractivity contribution in [3.63, 3.8) is 0 Å². The summed E-state index contributed by atoms with van der Waals surface area (Å²) >= 11 is 0. The summed E-state index contributed by atoms with van der Waals surface area (Å²) in [7, 11) is 0.